The fourth-order valence-electron chi connectivity index (χ4n) is 3.41. The summed E-state index contributed by atoms with van der Waals surface area (Å²) in [6.07, 6.45) is 0.246. The van der Waals surface area contributed by atoms with E-state index in [1.807, 2.05) is 17.9 Å². The normalized spacial score (nSPS) is 21.8. The molecule has 3 rings (SSSR count). The van der Waals surface area contributed by atoms with Crippen LogP contribution in [-0.2, 0) is 9.59 Å². The average Bonchev–Trinajstić information content (AvgIpc) is 2.98. The van der Waals surface area contributed by atoms with Crippen LogP contribution >= 0.6 is 11.6 Å². The molecule has 0 radical (unpaired) electrons. The average molecular weight is 366 g/mol. The lowest BCUT2D eigenvalue weighted by molar-refractivity contribution is -0.137. The Kier molecular flexibility index (Phi) is 5.20. The van der Waals surface area contributed by atoms with Crippen LogP contribution in [0.1, 0.15) is 12.0 Å². The molecule has 1 atom stereocenters. The van der Waals surface area contributed by atoms with Crippen LogP contribution in [0.5, 0.6) is 5.75 Å². The highest BCUT2D eigenvalue weighted by Crippen LogP contribution is 2.37. The van der Waals surface area contributed by atoms with Gasteiger partial charge in [-0.1, -0.05) is 11.6 Å². The van der Waals surface area contributed by atoms with Gasteiger partial charge in [0.05, 0.1) is 18.7 Å². The van der Waals surface area contributed by atoms with Crippen molar-refractivity contribution in [3.63, 3.8) is 0 Å². The van der Waals surface area contributed by atoms with Crippen molar-refractivity contribution in [3.05, 3.63) is 22.7 Å². The molecule has 2 aliphatic rings. The highest BCUT2D eigenvalue weighted by Gasteiger charge is 2.38. The van der Waals surface area contributed by atoms with E-state index in [0.717, 1.165) is 31.7 Å². The van der Waals surface area contributed by atoms with E-state index in [2.05, 4.69) is 11.9 Å². The van der Waals surface area contributed by atoms with E-state index in [1.165, 1.54) is 0 Å². The van der Waals surface area contributed by atoms with Crippen LogP contribution in [0.2, 0.25) is 5.02 Å². The number of amides is 2. The lowest BCUT2D eigenvalue weighted by atomic mass is 10.1. The van der Waals surface area contributed by atoms with Crippen molar-refractivity contribution in [1.29, 1.82) is 0 Å². The van der Waals surface area contributed by atoms with Crippen molar-refractivity contribution in [2.24, 2.45) is 5.92 Å². The fourth-order valence-corrected chi connectivity index (χ4v) is 3.57. The van der Waals surface area contributed by atoms with Gasteiger partial charge in [0, 0.05) is 50.2 Å². The second-order valence-corrected chi connectivity index (χ2v) is 7.21. The Morgan fingerprint density at radius 1 is 1.24 bits per heavy atom. The number of carbonyl (C=O) groups excluding carboxylic acids is 2. The number of piperazine rings is 1. The number of likely N-dealkylation sites (N-methyl/N-ethyl adjacent to an activating group) is 1. The van der Waals surface area contributed by atoms with Gasteiger partial charge in [-0.3, -0.25) is 9.59 Å². The molecule has 1 aromatic carbocycles. The molecule has 7 heteroatoms. The first-order chi connectivity index (χ1) is 11.9. The van der Waals surface area contributed by atoms with Gasteiger partial charge in [-0.05, 0) is 25.6 Å². The van der Waals surface area contributed by atoms with E-state index in [0.29, 0.717) is 23.0 Å². The highest BCUT2D eigenvalue weighted by atomic mass is 35.5. The molecule has 0 spiro atoms. The zero-order valence-electron chi connectivity index (χ0n) is 14.9. The molecular formula is C18H24ClN3O3. The van der Waals surface area contributed by atoms with E-state index in [4.69, 9.17) is 16.3 Å². The number of ether oxygens (including phenoxy) is 1. The van der Waals surface area contributed by atoms with Crippen molar-refractivity contribution in [2.75, 3.05) is 51.8 Å². The Morgan fingerprint density at radius 2 is 1.92 bits per heavy atom. The van der Waals surface area contributed by atoms with Gasteiger partial charge in [-0.15, -0.1) is 0 Å². The van der Waals surface area contributed by atoms with Crippen LogP contribution < -0.4 is 9.64 Å². The summed E-state index contributed by atoms with van der Waals surface area (Å²) in [6.45, 7) is 5.48. The number of rotatable bonds is 3. The van der Waals surface area contributed by atoms with Crippen LogP contribution in [-0.4, -0.2) is 68.5 Å². The molecule has 2 amide bonds. The number of aryl methyl sites for hydroxylation is 1. The first-order valence-corrected chi connectivity index (χ1v) is 8.90. The molecule has 0 aliphatic carbocycles. The zero-order valence-corrected chi connectivity index (χ0v) is 15.7. The maximum absolute atomic E-state index is 12.8. The minimum atomic E-state index is -0.295. The van der Waals surface area contributed by atoms with Crippen LogP contribution in [0.4, 0.5) is 5.69 Å². The first kappa shape index (κ1) is 18.0. The first-order valence-electron chi connectivity index (χ1n) is 8.52. The molecule has 6 nitrogen and oxygen atoms in total. The van der Waals surface area contributed by atoms with E-state index in [9.17, 15) is 9.59 Å². The van der Waals surface area contributed by atoms with E-state index in [1.54, 1.807) is 18.1 Å². The van der Waals surface area contributed by atoms with Gasteiger partial charge in [-0.2, -0.15) is 0 Å². The summed E-state index contributed by atoms with van der Waals surface area (Å²) < 4.78 is 5.39. The zero-order chi connectivity index (χ0) is 18.1. The Morgan fingerprint density at radius 3 is 2.56 bits per heavy atom. The van der Waals surface area contributed by atoms with Gasteiger partial charge in [-0.25, -0.2) is 0 Å². The third kappa shape index (κ3) is 3.60. The molecule has 1 aromatic rings. The standard InChI is InChI=1S/C18H24ClN3O3/c1-12-8-15(16(25-3)10-14(12)19)22-11-13(9-17(22)23)18(24)21-6-4-20(2)5-7-21/h8,10,13H,4-7,9,11H2,1-3H3. The summed E-state index contributed by atoms with van der Waals surface area (Å²) in [4.78, 5) is 31.1. The third-order valence-electron chi connectivity index (χ3n) is 5.04. The predicted octanol–water partition coefficient (Wildman–Crippen LogP) is 1.78. The molecule has 136 valence electrons. The monoisotopic (exact) mass is 365 g/mol. The Labute approximate surface area is 153 Å². The van der Waals surface area contributed by atoms with Crippen LogP contribution in [0.3, 0.4) is 0 Å². The number of methoxy groups -OCH3 is 1. The van der Waals surface area contributed by atoms with Gasteiger partial charge in [0.25, 0.3) is 0 Å². The second-order valence-electron chi connectivity index (χ2n) is 6.81. The molecule has 25 heavy (non-hydrogen) atoms. The molecule has 2 fully saturated rings. The Bertz CT molecular complexity index is 686. The summed E-state index contributed by atoms with van der Waals surface area (Å²) in [5.41, 5.74) is 1.56. The van der Waals surface area contributed by atoms with Gasteiger partial charge < -0.3 is 19.4 Å². The van der Waals surface area contributed by atoms with Gasteiger partial charge in [0.1, 0.15) is 5.75 Å². The molecule has 0 N–H and O–H groups in total. The summed E-state index contributed by atoms with van der Waals surface area (Å²) in [5.74, 6) is 0.286. The van der Waals surface area contributed by atoms with Crippen LogP contribution in [0, 0.1) is 12.8 Å². The summed E-state index contributed by atoms with van der Waals surface area (Å²) in [7, 11) is 3.61. The largest absolute Gasteiger partial charge is 0.495 e. The van der Waals surface area contributed by atoms with Crippen LogP contribution in [0.25, 0.3) is 0 Å². The lowest BCUT2D eigenvalue weighted by Crippen LogP contribution is -2.49. The number of hydrogen-bond donors (Lipinski definition) is 0. The minimum absolute atomic E-state index is 0.0486. The van der Waals surface area contributed by atoms with Crippen LogP contribution in [0.15, 0.2) is 12.1 Å². The highest BCUT2D eigenvalue weighted by molar-refractivity contribution is 6.31. The molecule has 2 heterocycles. The lowest BCUT2D eigenvalue weighted by Gasteiger charge is -2.33. The molecule has 2 aliphatic heterocycles. The quantitative estimate of drug-likeness (QED) is 0.819. The smallest absolute Gasteiger partial charge is 0.228 e. The predicted molar refractivity (Wildman–Crippen MR) is 97.3 cm³/mol. The maximum Gasteiger partial charge on any atom is 0.228 e. The number of nitrogens with zero attached hydrogens (tertiary/aromatic N) is 3. The number of anilines is 1. The van der Waals surface area contributed by atoms with Crippen molar-refractivity contribution >= 4 is 29.1 Å². The number of hydrogen-bond acceptors (Lipinski definition) is 4. The maximum atomic E-state index is 12.8. The van der Waals surface area contributed by atoms with Gasteiger partial charge in [0.2, 0.25) is 11.8 Å². The fraction of sp³-hybridized carbons (Fsp3) is 0.556. The van der Waals surface area contributed by atoms with Crippen molar-refractivity contribution in [1.82, 2.24) is 9.80 Å². The SMILES string of the molecule is COc1cc(Cl)c(C)cc1N1CC(C(=O)N2CCN(C)CC2)CC1=O. The Hall–Kier alpha value is -1.79. The minimum Gasteiger partial charge on any atom is -0.495 e. The number of carbonyl (C=O) groups is 2. The summed E-state index contributed by atoms with van der Waals surface area (Å²) in [6, 6.07) is 3.57. The number of halogens is 1. The third-order valence-corrected chi connectivity index (χ3v) is 5.45. The van der Waals surface area contributed by atoms with Crippen molar-refractivity contribution < 1.29 is 14.3 Å². The molecular weight excluding hydrogens is 342 g/mol. The topological polar surface area (TPSA) is 53.1 Å². The van der Waals surface area contributed by atoms with Crippen molar-refractivity contribution in [3.8, 4) is 5.75 Å². The summed E-state index contributed by atoms with van der Waals surface area (Å²) >= 11 is 6.15. The second kappa shape index (κ2) is 7.22. The molecule has 0 aromatic heterocycles. The number of benzene rings is 1. The molecule has 1 unspecified atom stereocenters. The molecule has 0 bridgehead atoms. The van der Waals surface area contributed by atoms with Gasteiger partial charge >= 0.3 is 0 Å². The Balaban J connectivity index is 1.77. The van der Waals surface area contributed by atoms with E-state index < -0.39 is 0 Å². The molecule has 2 saturated heterocycles. The summed E-state index contributed by atoms with van der Waals surface area (Å²) in [5, 5.41) is 0.595. The van der Waals surface area contributed by atoms with Crippen molar-refractivity contribution in [2.45, 2.75) is 13.3 Å². The van der Waals surface area contributed by atoms with E-state index >= 15 is 0 Å². The van der Waals surface area contributed by atoms with E-state index in [-0.39, 0.29) is 24.2 Å². The van der Waals surface area contributed by atoms with Gasteiger partial charge in [0.15, 0.2) is 0 Å². The molecule has 0 saturated carbocycles.